The van der Waals surface area contributed by atoms with Gasteiger partial charge in [0, 0.05) is 5.69 Å². The number of amides is 1. The van der Waals surface area contributed by atoms with Gasteiger partial charge in [-0.3, -0.25) is 4.79 Å². The van der Waals surface area contributed by atoms with Gasteiger partial charge in [-0.05, 0) is 53.6 Å². The first kappa shape index (κ1) is 23.4. The lowest BCUT2D eigenvalue weighted by Crippen LogP contribution is -2.13. The fourth-order valence-electron chi connectivity index (χ4n) is 2.90. The van der Waals surface area contributed by atoms with Crippen LogP contribution in [0.4, 0.5) is 5.69 Å². The van der Waals surface area contributed by atoms with Crippen molar-refractivity contribution in [1.29, 1.82) is 5.26 Å². The van der Waals surface area contributed by atoms with Crippen molar-refractivity contribution < 1.29 is 24.2 Å². The minimum atomic E-state index is -1.01. The second-order valence-corrected chi connectivity index (χ2v) is 7.22. The first-order valence-electron chi connectivity index (χ1n) is 9.72. The van der Waals surface area contributed by atoms with Gasteiger partial charge in [0.05, 0.1) is 17.7 Å². The van der Waals surface area contributed by atoms with Crippen LogP contribution in [0.15, 0.2) is 72.3 Å². The average Bonchev–Trinajstić information content (AvgIpc) is 2.82. The zero-order chi connectivity index (χ0) is 23.8. The Labute approximate surface area is 195 Å². The lowest BCUT2D eigenvalue weighted by Gasteiger charge is -2.14. The van der Waals surface area contributed by atoms with Crippen LogP contribution in [-0.4, -0.2) is 24.1 Å². The summed E-state index contributed by atoms with van der Waals surface area (Å²) < 4.78 is 11.2. The van der Waals surface area contributed by atoms with Gasteiger partial charge in [0.15, 0.2) is 11.5 Å². The molecular formula is C25H19ClN2O5. The maximum Gasteiger partial charge on any atom is 0.335 e. The molecule has 1 amide bonds. The molecule has 0 unspecified atom stereocenters. The van der Waals surface area contributed by atoms with Crippen LogP contribution in [0.1, 0.15) is 21.5 Å². The minimum absolute atomic E-state index is 0.107. The Kier molecular flexibility index (Phi) is 7.68. The third-order valence-corrected chi connectivity index (χ3v) is 4.82. The quantitative estimate of drug-likeness (QED) is 0.353. The summed E-state index contributed by atoms with van der Waals surface area (Å²) in [4.78, 5) is 23.4. The summed E-state index contributed by atoms with van der Waals surface area (Å²) in [5.41, 5.74) is 1.86. The topological polar surface area (TPSA) is 109 Å². The predicted molar refractivity (Wildman–Crippen MR) is 124 cm³/mol. The number of rotatable bonds is 8. The number of para-hydroxylation sites is 1. The molecule has 0 atom stereocenters. The number of halogens is 1. The van der Waals surface area contributed by atoms with Crippen molar-refractivity contribution in [2.45, 2.75) is 6.61 Å². The first-order valence-corrected chi connectivity index (χ1v) is 10.1. The normalized spacial score (nSPS) is 10.8. The molecule has 0 fully saturated rings. The molecule has 2 N–H and O–H groups in total. The highest BCUT2D eigenvalue weighted by molar-refractivity contribution is 6.32. The highest BCUT2D eigenvalue weighted by atomic mass is 35.5. The molecule has 0 aliphatic rings. The highest BCUT2D eigenvalue weighted by Crippen LogP contribution is 2.37. The lowest BCUT2D eigenvalue weighted by atomic mass is 10.1. The molecule has 8 heteroatoms. The molecule has 0 saturated heterocycles. The number of hydrogen-bond acceptors (Lipinski definition) is 5. The monoisotopic (exact) mass is 462 g/mol. The average molecular weight is 463 g/mol. The van der Waals surface area contributed by atoms with E-state index in [4.69, 9.17) is 26.2 Å². The zero-order valence-corrected chi connectivity index (χ0v) is 18.3. The summed E-state index contributed by atoms with van der Waals surface area (Å²) in [5.74, 6) is -0.962. The number of carbonyl (C=O) groups excluding carboxylic acids is 1. The molecule has 0 bridgehead atoms. The summed E-state index contributed by atoms with van der Waals surface area (Å²) in [6.07, 6.45) is 1.40. The molecule has 0 heterocycles. The number of aromatic carboxylic acids is 1. The molecule has 3 aromatic rings. The van der Waals surface area contributed by atoms with E-state index in [0.717, 1.165) is 5.56 Å². The number of carboxylic acids is 1. The third-order valence-electron chi connectivity index (χ3n) is 4.54. The molecule has 0 aliphatic carbocycles. The Morgan fingerprint density at radius 3 is 2.42 bits per heavy atom. The summed E-state index contributed by atoms with van der Waals surface area (Å²) in [5, 5.41) is 21.3. The highest BCUT2D eigenvalue weighted by Gasteiger charge is 2.15. The number of nitrogens with zero attached hydrogens (tertiary/aromatic N) is 1. The van der Waals surface area contributed by atoms with Gasteiger partial charge in [-0.1, -0.05) is 41.9 Å². The molecular weight excluding hydrogens is 444 g/mol. The van der Waals surface area contributed by atoms with E-state index in [0.29, 0.717) is 17.0 Å². The van der Waals surface area contributed by atoms with Gasteiger partial charge >= 0.3 is 5.97 Å². The van der Waals surface area contributed by atoms with Crippen LogP contribution >= 0.6 is 11.6 Å². The fraction of sp³-hybridized carbons (Fsp3) is 0.0800. The molecule has 7 nitrogen and oxygen atoms in total. The van der Waals surface area contributed by atoms with Crippen molar-refractivity contribution in [2.75, 3.05) is 12.4 Å². The predicted octanol–water partition coefficient (Wildman–Crippen LogP) is 5.17. The van der Waals surface area contributed by atoms with Gasteiger partial charge < -0.3 is 19.9 Å². The van der Waals surface area contributed by atoms with E-state index < -0.39 is 11.9 Å². The third kappa shape index (κ3) is 6.12. The van der Waals surface area contributed by atoms with E-state index in [1.165, 1.54) is 25.3 Å². The Balaban J connectivity index is 1.79. The van der Waals surface area contributed by atoms with Gasteiger partial charge in [-0.2, -0.15) is 5.26 Å². The van der Waals surface area contributed by atoms with Crippen LogP contribution < -0.4 is 14.8 Å². The molecule has 33 heavy (non-hydrogen) atoms. The lowest BCUT2D eigenvalue weighted by molar-refractivity contribution is -0.112. The van der Waals surface area contributed by atoms with E-state index in [2.05, 4.69) is 5.32 Å². The summed E-state index contributed by atoms with van der Waals surface area (Å²) in [7, 11) is 1.45. The van der Waals surface area contributed by atoms with Crippen LogP contribution in [0.25, 0.3) is 6.08 Å². The van der Waals surface area contributed by atoms with E-state index in [1.54, 1.807) is 48.5 Å². The Hall–Kier alpha value is -4.28. The second kappa shape index (κ2) is 10.8. The number of ether oxygens (including phenoxy) is 2. The van der Waals surface area contributed by atoms with Gasteiger partial charge in [-0.15, -0.1) is 0 Å². The largest absolute Gasteiger partial charge is 0.493 e. The Morgan fingerprint density at radius 1 is 1.12 bits per heavy atom. The molecule has 166 valence electrons. The van der Waals surface area contributed by atoms with Crippen molar-refractivity contribution in [3.8, 4) is 17.6 Å². The van der Waals surface area contributed by atoms with E-state index in [-0.39, 0.29) is 28.5 Å². The smallest absolute Gasteiger partial charge is 0.335 e. The van der Waals surface area contributed by atoms with Crippen LogP contribution in [-0.2, 0) is 11.4 Å². The van der Waals surface area contributed by atoms with Gasteiger partial charge in [0.25, 0.3) is 5.91 Å². The van der Waals surface area contributed by atoms with E-state index in [9.17, 15) is 14.9 Å². The number of nitrogens with one attached hydrogen (secondary N) is 1. The molecule has 0 spiro atoms. The number of hydrogen-bond donors (Lipinski definition) is 2. The van der Waals surface area contributed by atoms with Crippen molar-refractivity contribution in [3.63, 3.8) is 0 Å². The summed E-state index contributed by atoms with van der Waals surface area (Å²) in [6, 6.07) is 20.1. The second-order valence-electron chi connectivity index (χ2n) is 6.81. The van der Waals surface area contributed by atoms with Gasteiger partial charge in [-0.25, -0.2) is 4.79 Å². The van der Waals surface area contributed by atoms with Crippen LogP contribution in [0.5, 0.6) is 11.5 Å². The van der Waals surface area contributed by atoms with Gasteiger partial charge in [0.1, 0.15) is 18.2 Å². The maximum atomic E-state index is 12.5. The zero-order valence-electron chi connectivity index (χ0n) is 17.5. The SMILES string of the molecule is COc1cc(/C=C(/C#N)C(=O)Nc2ccccc2)cc(Cl)c1OCc1ccc(C(=O)O)cc1. The number of anilines is 1. The Bertz CT molecular complexity index is 1230. The van der Waals surface area contributed by atoms with Crippen molar-refractivity contribution in [2.24, 2.45) is 0 Å². The molecule has 0 saturated carbocycles. The van der Waals surface area contributed by atoms with Crippen LogP contribution in [0.3, 0.4) is 0 Å². The summed E-state index contributed by atoms with van der Waals surface area (Å²) >= 11 is 6.39. The summed E-state index contributed by atoms with van der Waals surface area (Å²) in [6.45, 7) is 0.133. The number of nitriles is 1. The number of carbonyl (C=O) groups is 2. The van der Waals surface area contributed by atoms with E-state index in [1.807, 2.05) is 12.1 Å². The molecule has 3 aromatic carbocycles. The standard InChI is InChI=1S/C25H19ClN2O5/c1-32-22-13-17(11-19(14-27)24(29)28-20-5-3-2-4-6-20)12-21(26)23(22)33-15-16-7-9-18(10-8-16)25(30)31/h2-13H,15H2,1H3,(H,28,29)(H,30,31)/b19-11-. The first-order chi connectivity index (χ1) is 15.9. The number of carboxylic acid groups (broad SMARTS) is 1. The fourth-order valence-corrected chi connectivity index (χ4v) is 3.17. The minimum Gasteiger partial charge on any atom is -0.493 e. The Morgan fingerprint density at radius 2 is 1.82 bits per heavy atom. The molecule has 0 aromatic heterocycles. The molecule has 3 rings (SSSR count). The molecule has 0 radical (unpaired) electrons. The van der Waals surface area contributed by atoms with Crippen molar-refractivity contribution >= 4 is 35.2 Å². The van der Waals surface area contributed by atoms with Crippen LogP contribution in [0, 0.1) is 11.3 Å². The van der Waals surface area contributed by atoms with Gasteiger partial charge in [0.2, 0.25) is 0 Å². The number of methoxy groups -OCH3 is 1. The maximum absolute atomic E-state index is 12.5. The number of benzene rings is 3. The van der Waals surface area contributed by atoms with Crippen molar-refractivity contribution in [3.05, 3.63) is 94.0 Å². The van der Waals surface area contributed by atoms with Crippen LogP contribution in [0.2, 0.25) is 5.02 Å². The van der Waals surface area contributed by atoms with Crippen molar-refractivity contribution in [1.82, 2.24) is 0 Å². The van der Waals surface area contributed by atoms with E-state index >= 15 is 0 Å². The molecule has 0 aliphatic heterocycles.